The van der Waals surface area contributed by atoms with E-state index in [2.05, 4.69) is 144 Å². The third kappa shape index (κ3) is 4.65. The molecule has 3 nitrogen and oxygen atoms in total. The molecule has 0 saturated carbocycles. The van der Waals surface area contributed by atoms with Crippen LogP contribution >= 0.6 is 0 Å². The van der Waals surface area contributed by atoms with E-state index in [1.807, 2.05) is 25.1 Å². The molecule has 3 heteroatoms. The Hall–Kier alpha value is -5.80. The third-order valence-corrected chi connectivity index (χ3v) is 8.29. The molecule has 0 fully saturated rings. The first-order chi connectivity index (χ1) is 21.7. The van der Waals surface area contributed by atoms with Crippen molar-refractivity contribution >= 4 is 16.4 Å². The van der Waals surface area contributed by atoms with Gasteiger partial charge in [0, 0.05) is 28.6 Å². The first-order valence-electron chi connectivity index (χ1n) is 14.9. The van der Waals surface area contributed by atoms with Crippen LogP contribution in [0.4, 0.5) is 0 Å². The molecule has 0 N–H and O–H groups in total. The lowest BCUT2D eigenvalue weighted by Gasteiger charge is -2.13. The summed E-state index contributed by atoms with van der Waals surface area (Å²) in [6, 6.07) is 53.6. The van der Waals surface area contributed by atoms with Crippen molar-refractivity contribution in [2.75, 3.05) is 0 Å². The van der Waals surface area contributed by atoms with E-state index in [9.17, 15) is 0 Å². The number of hydrogen-bond acceptors (Lipinski definition) is 2. The number of aromatic nitrogens is 3. The van der Waals surface area contributed by atoms with E-state index in [0.717, 1.165) is 56.2 Å². The number of rotatable bonds is 5. The highest BCUT2D eigenvalue weighted by molar-refractivity contribution is 5.98. The highest BCUT2D eigenvalue weighted by atomic mass is 15.0. The van der Waals surface area contributed by atoms with Crippen molar-refractivity contribution in [3.63, 3.8) is 0 Å². The Labute approximate surface area is 256 Å². The third-order valence-electron chi connectivity index (χ3n) is 8.29. The average Bonchev–Trinajstić information content (AvgIpc) is 3.48. The maximum absolute atomic E-state index is 5.06. The molecule has 3 heterocycles. The van der Waals surface area contributed by atoms with Gasteiger partial charge in [0.15, 0.2) is 0 Å². The molecule has 8 aromatic rings. The van der Waals surface area contributed by atoms with Gasteiger partial charge in [0.1, 0.15) is 5.65 Å². The van der Waals surface area contributed by atoms with E-state index < -0.39 is 0 Å². The number of fused-ring (bicyclic) bond motifs is 2. The summed E-state index contributed by atoms with van der Waals surface area (Å²) in [5.74, 6) is 0. The molecule has 0 saturated heterocycles. The van der Waals surface area contributed by atoms with Crippen molar-refractivity contribution in [3.05, 3.63) is 164 Å². The summed E-state index contributed by atoms with van der Waals surface area (Å²) in [4.78, 5) is 9.94. The van der Waals surface area contributed by atoms with E-state index in [0.29, 0.717) is 0 Å². The molecule has 0 atom stereocenters. The van der Waals surface area contributed by atoms with Crippen LogP contribution < -0.4 is 0 Å². The van der Waals surface area contributed by atoms with E-state index in [-0.39, 0.29) is 0 Å². The van der Waals surface area contributed by atoms with Crippen LogP contribution in [-0.2, 0) is 0 Å². The zero-order valence-corrected chi connectivity index (χ0v) is 24.4. The average molecular weight is 564 g/mol. The molecule has 0 spiro atoms. The predicted octanol–water partition coefficient (Wildman–Crippen LogP) is 10.5. The predicted molar refractivity (Wildman–Crippen MR) is 182 cm³/mol. The van der Waals surface area contributed by atoms with Gasteiger partial charge in [-0.15, -0.1) is 0 Å². The molecular formula is C41H29N3. The van der Waals surface area contributed by atoms with Crippen LogP contribution in [0.5, 0.6) is 0 Å². The Morgan fingerprint density at radius 1 is 0.477 bits per heavy atom. The van der Waals surface area contributed by atoms with Gasteiger partial charge in [-0.3, -0.25) is 9.38 Å². The number of aryl methyl sites for hydroxylation is 1. The van der Waals surface area contributed by atoms with Crippen molar-refractivity contribution in [2.24, 2.45) is 0 Å². The van der Waals surface area contributed by atoms with Crippen molar-refractivity contribution in [1.82, 2.24) is 14.4 Å². The maximum Gasteiger partial charge on any atom is 0.137 e. The van der Waals surface area contributed by atoms with Crippen molar-refractivity contribution in [2.45, 2.75) is 6.92 Å². The molecule has 3 aromatic heterocycles. The molecule has 0 amide bonds. The monoisotopic (exact) mass is 563 g/mol. The largest absolute Gasteiger partial charge is 0.299 e. The Kier molecular flexibility index (Phi) is 6.35. The van der Waals surface area contributed by atoms with Gasteiger partial charge >= 0.3 is 0 Å². The van der Waals surface area contributed by atoms with Crippen molar-refractivity contribution < 1.29 is 0 Å². The van der Waals surface area contributed by atoms with E-state index in [1.54, 1.807) is 0 Å². The topological polar surface area (TPSA) is 30.2 Å². The highest BCUT2D eigenvalue weighted by Gasteiger charge is 2.16. The van der Waals surface area contributed by atoms with Gasteiger partial charge in [0.2, 0.25) is 0 Å². The number of hydrogen-bond donors (Lipinski definition) is 0. The molecule has 8 rings (SSSR count). The SMILES string of the molecule is Cc1cccc(-c2cc(-c3ccc(-c4nc5ccccn5c4-c4ccccc4)cc3)cc(-c3cccc4ccccc34)c2)n1. The summed E-state index contributed by atoms with van der Waals surface area (Å²) in [5.41, 5.74) is 13.0. The van der Waals surface area contributed by atoms with Gasteiger partial charge in [-0.05, 0) is 82.4 Å². The molecule has 0 aliphatic heterocycles. The van der Waals surface area contributed by atoms with E-state index in [4.69, 9.17) is 9.97 Å². The van der Waals surface area contributed by atoms with Crippen LogP contribution in [0, 0.1) is 6.92 Å². The van der Waals surface area contributed by atoms with Gasteiger partial charge in [-0.25, -0.2) is 4.98 Å². The second-order valence-corrected chi connectivity index (χ2v) is 11.2. The first kappa shape index (κ1) is 25.9. The zero-order chi connectivity index (χ0) is 29.5. The molecule has 0 aliphatic carbocycles. The number of nitrogens with zero attached hydrogens (tertiary/aromatic N) is 3. The number of imidazole rings is 1. The van der Waals surface area contributed by atoms with Gasteiger partial charge in [0.05, 0.1) is 17.1 Å². The summed E-state index contributed by atoms with van der Waals surface area (Å²) in [6.45, 7) is 2.04. The van der Waals surface area contributed by atoms with Gasteiger partial charge in [0.25, 0.3) is 0 Å². The molecule has 0 radical (unpaired) electrons. The normalized spacial score (nSPS) is 11.3. The Morgan fingerprint density at radius 3 is 2.05 bits per heavy atom. The lowest BCUT2D eigenvalue weighted by molar-refractivity contribution is 1.19. The molecule has 0 unspecified atom stereocenters. The van der Waals surface area contributed by atoms with Crippen molar-refractivity contribution in [1.29, 1.82) is 0 Å². The molecule has 0 bridgehead atoms. The number of pyridine rings is 2. The lowest BCUT2D eigenvalue weighted by atomic mass is 9.92. The van der Waals surface area contributed by atoms with Gasteiger partial charge in [-0.1, -0.05) is 109 Å². The van der Waals surface area contributed by atoms with E-state index in [1.165, 1.54) is 21.9 Å². The van der Waals surface area contributed by atoms with Gasteiger partial charge < -0.3 is 0 Å². The minimum atomic E-state index is 0.934. The van der Waals surface area contributed by atoms with Crippen LogP contribution in [0.1, 0.15) is 5.69 Å². The fourth-order valence-electron chi connectivity index (χ4n) is 6.17. The molecule has 208 valence electrons. The second kappa shape index (κ2) is 10.8. The number of benzene rings is 5. The molecule has 44 heavy (non-hydrogen) atoms. The highest BCUT2D eigenvalue weighted by Crippen LogP contribution is 2.37. The van der Waals surface area contributed by atoms with Crippen molar-refractivity contribution in [3.8, 4) is 56.0 Å². The maximum atomic E-state index is 5.06. The summed E-state index contributed by atoms with van der Waals surface area (Å²) in [6.07, 6.45) is 2.09. The first-order valence-corrected chi connectivity index (χ1v) is 14.9. The Balaban J connectivity index is 1.27. The quantitative estimate of drug-likeness (QED) is 0.208. The summed E-state index contributed by atoms with van der Waals surface area (Å²) in [7, 11) is 0. The van der Waals surface area contributed by atoms with Crippen LogP contribution in [0.15, 0.2) is 158 Å². The van der Waals surface area contributed by atoms with Crippen LogP contribution in [0.2, 0.25) is 0 Å². The zero-order valence-electron chi connectivity index (χ0n) is 24.4. The standard InChI is InChI=1S/C41H29N3/c1-28-11-9-18-38(42-28)35-26-33(25-34(27-35)37-17-10-15-30-12-5-6-16-36(30)37)29-20-22-31(23-21-29)40-41(32-13-3-2-4-14-32)44-24-8-7-19-39(44)43-40/h2-27H,1H3. The van der Waals surface area contributed by atoms with Crippen LogP contribution in [0.3, 0.4) is 0 Å². The Morgan fingerprint density at radius 2 is 1.18 bits per heavy atom. The molecule has 0 aliphatic rings. The minimum absolute atomic E-state index is 0.934. The summed E-state index contributed by atoms with van der Waals surface area (Å²) >= 11 is 0. The minimum Gasteiger partial charge on any atom is -0.299 e. The lowest BCUT2D eigenvalue weighted by Crippen LogP contribution is -1.91. The molecular weight excluding hydrogens is 534 g/mol. The van der Waals surface area contributed by atoms with Gasteiger partial charge in [-0.2, -0.15) is 0 Å². The van der Waals surface area contributed by atoms with Crippen LogP contribution in [0.25, 0.3) is 72.4 Å². The molecule has 5 aromatic carbocycles. The van der Waals surface area contributed by atoms with Crippen LogP contribution in [-0.4, -0.2) is 14.4 Å². The second-order valence-electron chi connectivity index (χ2n) is 11.2. The summed E-state index contributed by atoms with van der Waals surface area (Å²) < 4.78 is 2.17. The fraction of sp³-hybridized carbons (Fsp3) is 0.0244. The summed E-state index contributed by atoms with van der Waals surface area (Å²) in [5, 5.41) is 2.47. The fourth-order valence-corrected chi connectivity index (χ4v) is 6.17. The smallest absolute Gasteiger partial charge is 0.137 e. The van der Waals surface area contributed by atoms with E-state index >= 15 is 0 Å². The Bertz CT molecular complexity index is 2270.